The van der Waals surface area contributed by atoms with Gasteiger partial charge in [-0.05, 0) is 36.8 Å². The van der Waals surface area contributed by atoms with Gasteiger partial charge in [0.25, 0.3) is 5.91 Å². The summed E-state index contributed by atoms with van der Waals surface area (Å²) in [4.78, 5) is 12.1. The van der Waals surface area contributed by atoms with E-state index < -0.39 is 10.0 Å². The number of nitrogens with one attached hydrogen (secondary N) is 1. The van der Waals surface area contributed by atoms with Crippen LogP contribution in [0, 0.1) is 6.92 Å². The van der Waals surface area contributed by atoms with Crippen molar-refractivity contribution in [2.45, 2.75) is 12.7 Å². The van der Waals surface area contributed by atoms with E-state index in [2.05, 4.69) is 36.5 Å². The van der Waals surface area contributed by atoms with Gasteiger partial charge >= 0.3 is 0 Å². The van der Waals surface area contributed by atoms with Gasteiger partial charge in [-0.15, -0.1) is 0 Å². The number of rotatable bonds is 8. The van der Waals surface area contributed by atoms with Gasteiger partial charge in [0.1, 0.15) is 0 Å². The van der Waals surface area contributed by atoms with Gasteiger partial charge in [0.2, 0.25) is 10.0 Å². The number of carbonyl (C=O) groups excluding carboxylic acids is 1. The molecule has 0 aliphatic rings. The van der Waals surface area contributed by atoms with Gasteiger partial charge in [-0.1, -0.05) is 29.8 Å². The van der Waals surface area contributed by atoms with Crippen LogP contribution >= 0.6 is 11.8 Å². The molecule has 140 valence electrons. The first-order valence-corrected chi connectivity index (χ1v) is 11.2. The Morgan fingerprint density at radius 2 is 1.85 bits per heavy atom. The fraction of sp³-hybridized carbons (Fsp3) is 0.316. The Balaban J connectivity index is 1.77. The Morgan fingerprint density at radius 1 is 1.15 bits per heavy atom. The monoisotopic (exact) mass is 392 g/mol. The number of benzene rings is 2. The van der Waals surface area contributed by atoms with E-state index in [9.17, 15) is 13.2 Å². The number of anilines is 1. The zero-order chi connectivity index (χ0) is 19.2. The maximum absolute atomic E-state index is 12.1. The predicted octanol–water partition coefficient (Wildman–Crippen LogP) is 3.05. The molecule has 5 nitrogen and oxygen atoms in total. The van der Waals surface area contributed by atoms with Crippen LogP contribution in [-0.4, -0.2) is 39.9 Å². The van der Waals surface area contributed by atoms with Crippen molar-refractivity contribution < 1.29 is 13.2 Å². The van der Waals surface area contributed by atoms with Gasteiger partial charge in [0, 0.05) is 30.7 Å². The van der Waals surface area contributed by atoms with Crippen LogP contribution in [-0.2, 0) is 15.8 Å². The fourth-order valence-corrected chi connectivity index (χ4v) is 3.66. The molecule has 2 aromatic rings. The molecule has 0 spiro atoms. The van der Waals surface area contributed by atoms with Crippen molar-refractivity contribution in [2.24, 2.45) is 0 Å². The molecule has 0 unspecified atom stereocenters. The number of hydrogen-bond donors (Lipinski definition) is 1. The Morgan fingerprint density at radius 3 is 2.46 bits per heavy atom. The zero-order valence-corrected chi connectivity index (χ0v) is 16.9. The highest BCUT2D eigenvalue weighted by Gasteiger charge is 2.12. The van der Waals surface area contributed by atoms with Crippen molar-refractivity contribution in [1.29, 1.82) is 0 Å². The van der Waals surface area contributed by atoms with E-state index in [1.807, 2.05) is 0 Å². The average Bonchev–Trinajstić information content (AvgIpc) is 2.60. The largest absolute Gasteiger partial charge is 0.351 e. The molecule has 1 N–H and O–H groups in total. The summed E-state index contributed by atoms with van der Waals surface area (Å²) in [5.74, 6) is 1.59. The Bertz CT molecular complexity index is 849. The molecule has 2 rings (SSSR count). The molecule has 26 heavy (non-hydrogen) atoms. The third kappa shape index (κ3) is 6.07. The molecule has 0 atom stereocenters. The van der Waals surface area contributed by atoms with Crippen molar-refractivity contribution in [3.63, 3.8) is 0 Å². The summed E-state index contributed by atoms with van der Waals surface area (Å²) in [6.07, 6.45) is 1.14. The summed E-state index contributed by atoms with van der Waals surface area (Å²) in [5, 5.41) is 2.88. The molecule has 0 aromatic heterocycles. The van der Waals surface area contributed by atoms with Crippen LogP contribution in [0.1, 0.15) is 21.5 Å². The standard InChI is InChI=1S/C19H24N2O3S2/c1-15-5-4-6-16(13-15)14-25-12-11-20-19(22)17-7-9-18(10-8-17)21(2)26(3,23)24/h4-10,13H,11-12,14H2,1-3H3,(H,20,22). The minimum atomic E-state index is -3.31. The van der Waals surface area contributed by atoms with Gasteiger partial charge < -0.3 is 5.32 Å². The van der Waals surface area contributed by atoms with Gasteiger partial charge in [-0.3, -0.25) is 9.10 Å². The number of hydrogen-bond acceptors (Lipinski definition) is 4. The maximum Gasteiger partial charge on any atom is 0.251 e. The van der Waals surface area contributed by atoms with Gasteiger partial charge in [0.15, 0.2) is 0 Å². The van der Waals surface area contributed by atoms with Crippen LogP contribution in [0.15, 0.2) is 48.5 Å². The summed E-state index contributed by atoms with van der Waals surface area (Å²) in [5.41, 5.74) is 3.57. The normalized spacial score (nSPS) is 11.2. The number of aryl methyl sites for hydroxylation is 1. The molecule has 0 heterocycles. The van der Waals surface area contributed by atoms with E-state index >= 15 is 0 Å². The number of carbonyl (C=O) groups is 1. The molecule has 0 aliphatic heterocycles. The summed E-state index contributed by atoms with van der Waals surface area (Å²) in [6, 6.07) is 14.9. The number of sulfonamides is 1. The SMILES string of the molecule is Cc1cccc(CSCCNC(=O)c2ccc(N(C)S(C)(=O)=O)cc2)c1. The first-order valence-electron chi connectivity index (χ1n) is 8.23. The van der Waals surface area contributed by atoms with E-state index in [0.29, 0.717) is 17.8 Å². The third-order valence-electron chi connectivity index (χ3n) is 3.87. The number of nitrogens with zero attached hydrogens (tertiary/aromatic N) is 1. The molecule has 1 amide bonds. The van der Waals surface area contributed by atoms with Crippen LogP contribution < -0.4 is 9.62 Å². The Kier molecular flexibility index (Phi) is 7.11. The smallest absolute Gasteiger partial charge is 0.251 e. The van der Waals surface area contributed by atoms with Crippen LogP contribution in [0.25, 0.3) is 0 Å². The number of thioether (sulfide) groups is 1. The van der Waals surface area contributed by atoms with Crippen molar-refractivity contribution in [3.05, 3.63) is 65.2 Å². The molecular weight excluding hydrogens is 368 g/mol. The van der Waals surface area contributed by atoms with E-state index in [1.165, 1.54) is 22.5 Å². The van der Waals surface area contributed by atoms with Gasteiger partial charge in [0.05, 0.1) is 11.9 Å². The molecule has 0 saturated heterocycles. The highest BCUT2D eigenvalue weighted by molar-refractivity contribution is 7.98. The summed E-state index contributed by atoms with van der Waals surface area (Å²) in [7, 11) is -1.82. The molecule has 0 fully saturated rings. The maximum atomic E-state index is 12.1. The highest BCUT2D eigenvalue weighted by atomic mass is 32.2. The molecule has 0 saturated carbocycles. The van der Waals surface area contributed by atoms with Crippen LogP contribution in [0.3, 0.4) is 0 Å². The lowest BCUT2D eigenvalue weighted by Crippen LogP contribution is -2.26. The highest BCUT2D eigenvalue weighted by Crippen LogP contribution is 2.16. The molecule has 0 aliphatic carbocycles. The second-order valence-electron chi connectivity index (χ2n) is 6.07. The quantitative estimate of drug-likeness (QED) is 0.701. The minimum Gasteiger partial charge on any atom is -0.351 e. The molecule has 0 bridgehead atoms. The molecule has 2 aromatic carbocycles. The fourth-order valence-electron chi connectivity index (χ4n) is 2.34. The second-order valence-corrected chi connectivity index (χ2v) is 9.19. The second kappa shape index (κ2) is 9.09. The summed E-state index contributed by atoms with van der Waals surface area (Å²) >= 11 is 1.77. The first-order chi connectivity index (χ1) is 12.3. The van der Waals surface area contributed by atoms with E-state index in [0.717, 1.165) is 17.8 Å². The van der Waals surface area contributed by atoms with Crippen molar-refractivity contribution in [3.8, 4) is 0 Å². The van der Waals surface area contributed by atoms with Crippen LogP contribution in [0.5, 0.6) is 0 Å². The third-order valence-corrected chi connectivity index (χ3v) is 6.11. The topological polar surface area (TPSA) is 66.5 Å². The van der Waals surface area contributed by atoms with Crippen molar-refractivity contribution in [2.75, 3.05) is 29.9 Å². The summed E-state index contributed by atoms with van der Waals surface area (Å²) in [6.45, 7) is 2.66. The van der Waals surface area contributed by atoms with E-state index in [1.54, 1.807) is 36.0 Å². The molecular formula is C19H24N2O3S2. The van der Waals surface area contributed by atoms with E-state index in [4.69, 9.17) is 0 Å². The Labute approximate surface area is 159 Å². The number of amides is 1. The first kappa shape index (κ1) is 20.3. The molecule has 0 radical (unpaired) electrons. The van der Waals surface area contributed by atoms with Crippen molar-refractivity contribution >= 4 is 33.4 Å². The van der Waals surface area contributed by atoms with Crippen molar-refractivity contribution in [1.82, 2.24) is 5.32 Å². The lowest BCUT2D eigenvalue weighted by Gasteiger charge is -2.16. The Hall–Kier alpha value is -1.99. The molecule has 7 heteroatoms. The minimum absolute atomic E-state index is 0.158. The lowest BCUT2D eigenvalue weighted by molar-refractivity contribution is 0.0956. The average molecular weight is 393 g/mol. The predicted molar refractivity (Wildman–Crippen MR) is 109 cm³/mol. The zero-order valence-electron chi connectivity index (χ0n) is 15.2. The van der Waals surface area contributed by atoms with Gasteiger partial charge in [-0.25, -0.2) is 8.42 Å². The van der Waals surface area contributed by atoms with Gasteiger partial charge in [-0.2, -0.15) is 11.8 Å². The summed E-state index contributed by atoms with van der Waals surface area (Å²) < 4.78 is 24.2. The van der Waals surface area contributed by atoms with Crippen LogP contribution in [0.2, 0.25) is 0 Å². The lowest BCUT2D eigenvalue weighted by atomic mass is 10.2. The van der Waals surface area contributed by atoms with Crippen LogP contribution in [0.4, 0.5) is 5.69 Å². The van der Waals surface area contributed by atoms with E-state index in [-0.39, 0.29) is 5.91 Å².